The van der Waals surface area contributed by atoms with Crippen LogP contribution in [0.25, 0.3) is 16.9 Å². The van der Waals surface area contributed by atoms with Gasteiger partial charge in [0.25, 0.3) is 5.91 Å². The minimum atomic E-state index is -0.346. The van der Waals surface area contributed by atoms with Crippen molar-refractivity contribution in [2.24, 2.45) is 0 Å². The van der Waals surface area contributed by atoms with E-state index >= 15 is 0 Å². The van der Waals surface area contributed by atoms with E-state index in [0.717, 1.165) is 5.69 Å². The smallest absolute Gasteiger partial charge is 0.318 e. The van der Waals surface area contributed by atoms with Crippen molar-refractivity contribution < 1.29 is 14.3 Å². The van der Waals surface area contributed by atoms with Crippen LogP contribution in [-0.2, 0) is 0 Å². The molecule has 0 saturated heterocycles. The van der Waals surface area contributed by atoms with Gasteiger partial charge in [0.1, 0.15) is 11.4 Å². The predicted octanol–water partition coefficient (Wildman–Crippen LogP) is 4.55. The second-order valence-electron chi connectivity index (χ2n) is 7.11. The number of para-hydroxylation sites is 2. The number of urea groups is 1. The Bertz CT molecular complexity index is 1280. The van der Waals surface area contributed by atoms with E-state index in [-0.39, 0.29) is 11.9 Å². The average molecular weight is 441 g/mol. The van der Waals surface area contributed by atoms with Crippen LogP contribution in [0.2, 0.25) is 0 Å². The van der Waals surface area contributed by atoms with Crippen LogP contribution in [-0.4, -0.2) is 35.9 Å². The third-order valence-corrected chi connectivity index (χ3v) is 4.95. The first-order valence-electron chi connectivity index (χ1n) is 10.3. The molecule has 0 aliphatic carbocycles. The minimum Gasteiger partial charge on any atom is -0.496 e. The lowest BCUT2D eigenvalue weighted by molar-refractivity contribution is 0.102. The maximum absolute atomic E-state index is 13.3. The molecule has 0 atom stereocenters. The van der Waals surface area contributed by atoms with E-state index in [1.54, 1.807) is 42.3 Å². The third-order valence-electron chi connectivity index (χ3n) is 4.95. The molecule has 0 radical (unpaired) electrons. The number of carbonyl (C=O) groups is 2. The average Bonchev–Trinajstić information content (AvgIpc) is 3.30. The van der Waals surface area contributed by atoms with Gasteiger partial charge in [0.05, 0.1) is 18.4 Å². The molecule has 0 saturated carbocycles. The fourth-order valence-corrected chi connectivity index (χ4v) is 3.36. The zero-order valence-corrected chi connectivity index (χ0v) is 18.2. The molecule has 0 spiro atoms. The highest BCUT2D eigenvalue weighted by molar-refractivity contribution is 6.08. The molecular weight excluding hydrogens is 418 g/mol. The number of benzene rings is 3. The summed E-state index contributed by atoms with van der Waals surface area (Å²) in [5, 5.41) is 12.8. The number of methoxy groups -OCH3 is 1. The summed E-state index contributed by atoms with van der Waals surface area (Å²) in [4.78, 5) is 24.9. The van der Waals surface area contributed by atoms with Crippen molar-refractivity contribution in [1.29, 1.82) is 0 Å². The predicted molar refractivity (Wildman–Crippen MR) is 128 cm³/mol. The van der Waals surface area contributed by atoms with Crippen molar-refractivity contribution in [2.45, 2.75) is 0 Å². The molecule has 0 aliphatic rings. The van der Waals surface area contributed by atoms with Crippen molar-refractivity contribution in [1.82, 2.24) is 15.1 Å². The summed E-state index contributed by atoms with van der Waals surface area (Å²) in [7, 11) is 3.11. The van der Waals surface area contributed by atoms with Crippen molar-refractivity contribution in [3.8, 4) is 22.7 Å². The van der Waals surface area contributed by atoms with Gasteiger partial charge < -0.3 is 20.7 Å². The van der Waals surface area contributed by atoms with Crippen LogP contribution >= 0.6 is 0 Å². The Labute approximate surface area is 191 Å². The molecule has 1 aromatic heterocycles. The summed E-state index contributed by atoms with van der Waals surface area (Å²) in [6.07, 6.45) is 1.69. The number of anilines is 2. The van der Waals surface area contributed by atoms with Gasteiger partial charge in [-0.1, -0.05) is 36.4 Å². The lowest BCUT2D eigenvalue weighted by Crippen LogP contribution is -2.24. The molecule has 8 nitrogen and oxygen atoms in total. The van der Waals surface area contributed by atoms with Gasteiger partial charge in [0.15, 0.2) is 0 Å². The Morgan fingerprint density at radius 2 is 1.58 bits per heavy atom. The van der Waals surface area contributed by atoms with Crippen LogP contribution < -0.4 is 20.7 Å². The number of aromatic nitrogens is 2. The molecule has 0 unspecified atom stereocenters. The molecular formula is C25H23N5O3. The standard InChI is InChI=1S/C25H23N5O3/c1-26-25(32)28-18-10-8-9-17(15-18)27-24(31)21-16-30(19-11-4-3-5-12-19)29-23(21)20-13-6-7-14-22(20)33-2/h3-16H,1-2H3,(H,27,31)(H2,26,28,32). The van der Waals surface area contributed by atoms with Crippen molar-refractivity contribution >= 4 is 23.3 Å². The molecule has 0 aliphatic heterocycles. The second-order valence-corrected chi connectivity index (χ2v) is 7.11. The molecule has 8 heteroatoms. The monoisotopic (exact) mass is 441 g/mol. The van der Waals surface area contributed by atoms with Gasteiger partial charge in [-0.3, -0.25) is 4.79 Å². The van der Waals surface area contributed by atoms with Crippen LogP contribution in [0.15, 0.2) is 85.1 Å². The van der Waals surface area contributed by atoms with Crippen molar-refractivity contribution in [3.05, 3.63) is 90.6 Å². The summed E-state index contributed by atoms with van der Waals surface area (Å²) in [6, 6.07) is 23.5. The van der Waals surface area contributed by atoms with E-state index in [4.69, 9.17) is 9.84 Å². The van der Waals surface area contributed by atoms with Gasteiger partial charge in [-0.25, -0.2) is 9.48 Å². The molecule has 3 aromatic carbocycles. The number of nitrogens with one attached hydrogen (secondary N) is 3. The summed E-state index contributed by atoms with van der Waals surface area (Å²) < 4.78 is 7.17. The zero-order chi connectivity index (χ0) is 23.2. The highest BCUT2D eigenvalue weighted by Crippen LogP contribution is 2.32. The number of rotatable bonds is 6. The SMILES string of the molecule is CNC(=O)Nc1cccc(NC(=O)c2cn(-c3ccccc3)nc2-c2ccccc2OC)c1. The van der Waals surface area contributed by atoms with Crippen LogP contribution in [0.5, 0.6) is 5.75 Å². The molecule has 4 aromatic rings. The summed E-state index contributed by atoms with van der Waals surface area (Å²) in [5.74, 6) is 0.275. The fourth-order valence-electron chi connectivity index (χ4n) is 3.36. The first-order valence-corrected chi connectivity index (χ1v) is 10.3. The van der Waals surface area contributed by atoms with Crippen LogP contribution in [0, 0.1) is 0 Å². The molecule has 33 heavy (non-hydrogen) atoms. The van der Waals surface area contributed by atoms with Crippen LogP contribution in [0.4, 0.5) is 16.2 Å². The lowest BCUT2D eigenvalue weighted by Gasteiger charge is -2.10. The summed E-state index contributed by atoms with van der Waals surface area (Å²) in [5.41, 5.74) is 3.49. The molecule has 3 N–H and O–H groups in total. The lowest BCUT2D eigenvalue weighted by atomic mass is 10.1. The van der Waals surface area contributed by atoms with Crippen LogP contribution in [0.1, 0.15) is 10.4 Å². The van der Waals surface area contributed by atoms with E-state index in [9.17, 15) is 9.59 Å². The fraction of sp³-hybridized carbons (Fsp3) is 0.0800. The Morgan fingerprint density at radius 3 is 2.30 bits per heavy atom. The van der Waals surface area contributed by atoms with E-state index < -0.39 is 0 Å². The van der Waals surface area contributed by atoms with Gasteiger partial charge in [0.2, 0.25) is 0 Å². The van der Waals surface area contributed by atoms with Gasteiger partial charge in [-0.05, 0) is 42.5 Å². The van der Waals surface area contributed by atoms with Crippen molar-refractivity contribution in [3.63, 3.8) is 0 Å². The van der Waals surface area contributed by atoms with Gasteiger partial charge >= 0.3 is 6.03 Å². The largest absolute Gasteiger partial charge is 0.496 e. The number of hydrogen-bond donors (Lipinski definition) is 3. The highest BCUT2D eigenvalue weighted by atomic mass is 16.5. The van der Waals surface area contributed by atoms with Gasteiger partial charge in [-0.2, -0.15) is 5.10 Å². The second kappa shape index (κ2) is 9.69. The molecule has 4 rings (SSSR count). The third kappa shape index (κ3) is 4.85. The Morgan fingerprint density at radius 1 is 0.879 bits per heavy atom. The summed E-state index contributed by atoms with van der Waals surface area (Å²) in [6.45, 7) is 0. The first kappa shape index (κ1) is 21.6. The molecule has 166 valence electrons. The van der Waals surface area contributed by atoms with Crippen LogP contribution in [0.3, 0.4) is 0 Å². The maximum atomic E-state index is 13.3. The molecule has 1 heterocycles. The quantitative estimate of drug-likeness (QED) is 0.409. The Kier molecular flexibility index (Phi) is 6.36. The molecule has 0 bridgehead atoms. The number of amides is 3. The number of nitrogens with zero attached hydrogens (tertiary/aromatic N) is 2. The first-order chi connectivity index (χ1) is 16.1. The van der Waals surface area contributed by atoms with E-state index in [2.05, 4.69) is 16.0 Å². The summed E-state index contributed by atoms with van der Waals surface area (Å²) >= 11 is 0. The number of hydrogen-bond acceptors (Lipinski definition) is 4. The molecule has 3 amide bonds. The Hall–Kier alpha value is -4.59. The number of ether oxygens (including phenoxy) is 1. The Balaban J connectivity index is 1.72. The van der Waals surface area contributed by atoms with E-state index in [1.807, 2.05) is 54.6 Å². The topological polar surface area (TPSA) is 97.3 Å². The maximum Gasteiger partial charge on any atom is 0.318 e. The normalized spacial score (nSPS) is 10.4. The zero-order valence-electron chi connectivity index (χ0n) is 18.2. The van der Waals surface area contributed by atoms with Gasteiger partial charge in [-0.15, -0.1) is 0 Å². The minimum absolute atomic E-state index is 0.338. The van der Waals surface area contributed by atoms with E-state index in [0.29, 0.717) is 33.9 Å². The molecule has 0 fully saturated rings. The number of carbonyl (C=O) groups excluding carboxylic acids is 2. The van der Waals surface area contributed by atoms with E-state index in [1.165, 1.54) is 7.05 Å². The van der Waals surface area contributed by atoms with Crippen molar-refractivity contribution in [2.75, 3.05) is 24.8 Å². The highest BCUT2D eigenvalue weighted by Gasteiger charge is 2.21. The van der Waals surface area contributed by atoms with Gasteiger partial charge in [0, 0.05) is 30.2 Å².